The fraction of sp³-hybridized carbons (Fsp3) is 0.600. The summed E-state index contributed by atoms with van der Waals surface area (Å²) in [6.07, 6.45) is 17.0. The Bertz CT molecular complexity index is 414. The molecule has 2 heteroatoms. The van der Waals surface area contributed by atoms with E-state index in [1.807, 2.05) is 6.08 Å². The molecule has 0 spiro atoms. The molecule has 1 aromatic rings. The first-order chi connectivity index (χ1) is 10.7. The molecule has 0 aliphatic carbocycles. The van der Waals surface area contributed by atoms with Gasteiger partial charge in [-0.1, -0.05) is 109 Å². The van der Waals surface area contributed by atoms with E-state index in [0.717, 1.165) is 14.5 Å². The van der Waals surface area contributed by atoms with Gasteiger partial charge in [-0.25, -0.2) is 0 Å². The van der Waals surface area contributed by atoms with Crippen molar-refractivity contribution in [2.75, 3.05) is 0 Å². The van der Waals surface area contributed by atoms with Crippen LogP contribution in [0.2, 0.25) is 0 Å². The maximum absolute atomic E-state index is 3.85. The van der Waals surface area contributed by atoms with E-state index in [4.69, 9.17) is 0 Å². The van der Waals surface area contributed by atoms with Crippen molar-refractivity contribution in [1.82, 2.24) is 0 Å². The second-order valence-electron chi connectivity index (χ2n) is 6.11. The lowest BCUT2D eigenvalue weighted by Gasteiger charge is -2.07. The molecule has 0 bridgehead atoms. The minimum atomic E-state index is 1.14. The number of benzene rings is 1. The Hall–Kier alpha value is -0.0800. The predicted octanol–water partition coefficient (Wildman–Crippen LogP) is 8.32. The van der Waals surface area contributed by atoms with Crippen molar-refractivity contribution >= 4 is 37.9 Å². The maximum atomic E-state index is 3.85. The molecule has 0 atom stereocenters. The van der Waals surface area contributed by atoms with E-state index < -0.39 is 0 Å². The standard InChI is InChI=1S/C20H30Br2/c1-3-5-6-7-8-9-10-11-12-13-14-17-15-19(21)18(4-2)20(22)16-17/h4,15-16H,2-3,5-14H2,1H3. The second kappa shape index (κ2) is 12.4. The predicted molar refractivity (Wildman–Crippen MR) is 107 cm³/mol. The van der Waals surface area contributed by atoms with Crippen LogP contribution in [0.5, 0.6) is 0 Å². The summed E-state index contributed by atoms with van der Waals surface area (Å²) >= 11 is 7.25. The van der Waals surface area contributed by atoms with Crippen LogP contribution in [0.1, 0.15) is 82.3 Å². The highest BCUT2D eigenvalue weighted by Gasteiger charge is 2.04. The molecule has 0 fully saturated rings. The van der Waals surface area contributed by atoms with Gasteiger partial charge in [0.2, 0.25) is 0 Å². The largest absolute Gasteiger partial charge is 0.0984 e. The summed E-state index contributed by atoms with van der Waals surface area (Å²) in [5.74, 6) is 0. The summed E-state index contributed by atoms with van der Waals surface area (Å²) in [7, 11) is 0. The molecule has 0 heterocycles. The SMILES string of the molecule is C=Cc1c(Br)cc(CCCCCCCCCCCC)cc1Br. The number of unbranched alkanes of at least 4 members (excludes halogenated alkanes) is 9. The van der Waals surface area contributed by atoms with Gasteiger partial charge < -0.3 is 0 Å². The minimum absolute atomic E-state index is 1.14. The lowest BCUT2D eigenvalue weighted by molar-refractivity contribution is 0.556. The molecule has 1 rings (SSSR count). The van der Waals surface area contributed by atoms with Gasteiger partial charge in [-0.3, -0.25) is 0 Å². The molecule has 0 nitrogen and oxygen atoms in total. The quantitative estimate of drug-likeness (QED) is 0.293. The molecule has 124 valence electrons. The monoisotopic (exact) mass is 428 g/mol. The van der Waals surface area contributed by atoms with Crippen molar-refractivity contribution < 1.29 is 0 Å². The Morgan fingerprint density at radius 3 is 1.73 bits per heavy atom. The number of hydrogen-bond donors (Lipinski definition) is 0. The zero-order chi connectivity index (χ0) is 16.2. The van der Waals surface area contributed by atoms with Crippen molar-refractivity contribution in [1.29, 1.82) is 0 Å². The van der Waals surface area contributed by atoms with Gasteiger partial charge in [0.15, 0.2) is 0 Å². The van der Waals surface area contributed by atoms with E-state index in [-0.39, 0.29) is 0 Å². The number of hydrogen-bond acceptors (Lipinski definition) is 0. The number of rotatable bonds is 12. The van der Waals surface area contributed by atoms with Crippen LogP contribution in [0.3, 0.4) is 0 Å². The zero-order valence-corrected chi connectivity index (χ0v) is 17.1. The first-order valence-corrected chi connectivity index (χ1v) is 10.4. The number of halogens is 2. The summed E-state index contributed by atoms with van der Waals surface area (Å²) in [5, 5.41) is 0. The number of aryl methyl sites for hydroxylation is 1. The average molecular weight is 430 g/mol. The van der Waals surface area contributed by atoms with Crippen LogP contribution < -0.4 is 0 Å². The third-order valence-corrected chi connectivity index (χ3v) is 5.47. The van der Waals surface area contributed by atoms with Crippen molar-refractivity contribution in [3.63, 3.8) is 0 Å². The maximum Gasteiger partial charge on any atom is 0.0261 e. The molecule has 0 aromatic heterocycles. The van der Waals surface area contributed by atoms with Gasteiger partial charge in [0, 0.05) is 14.5 Å². The molecule has 0 radical (unpaired) electrons. The van der Waals surface area contributed by atoms with E-state index >= 15 is 0 Å². The molecule has 1 aromatic carbocycles. The molecule has 0 unspecified atom stereocenters. The van der Waals surface area contributed by atoms with Gasteiger partial charge in [-0.05, 0) is 30.5 Å². The molecule has 0 saturated carbocycles. The van der Waals surface area contributed by atoms with Crippen LogP contribution in [0.25, 0.3) is 6.08 Å². The van der Waals surface area contributed by atoms with Crippen LogP contribution >= 0.6 is 31.9 Å². The second-order valence-corrected chi connectivity index (χ2v) is 7.82. The van der Waals surface area contributed by atoms with E-state index in [1.54, 1.807) is 0 Å². The van der Waals surface area contributed by atoms with E-state index in [9.17, 15) is 0 Å². The first-order valence-electron chi connectivity index (χ1n) is 8.79. The summed E-state index contributed by atoms with van der Waals surface area (Å²) in [4.78, 5) is 0. The van der Waals surface area contributed by atoms with Gasteiger partial charge in [0.25, 0.3) is 0 Å². The Labute approximate surface area is 154 Å². The first kappa shape index (κ1) is 20.0. The van der Waals surface area contributed by atoms with E-state index in [1.165, 1.54) is 76.2 Å². The molecule has 22 heavy (non-hydrogen) atoms. The van der Waals surface area contributed by atoms with Gasteiger partial charge in [0.05, 0.1) is 0 Å². The van der Waals surface area contributed by atoms with Gasteiger partial charge >= 0.3 is 0 Å². The van der Waals surface area contributed by atoms with Crippen LogP contribution in [-0.2, 0) is 6.42 Å². The molecular weight excluding hydrogens is 400 g/mol. The Kier molecular flexibility index (Phi) is 11.2. The lowest BCUT2D eigenvalue weighted by Crippen LogP contribution is -1.89. The highest BCUT2D eigenvalue weighted by atomic mass is 79.9. The zero-order valence-electron chi connectivity index (χ0n) is 14.0. The molecule has 0 N–H and O–H groups in total. The Balaban J connectivity index is 2.11. The molecule has 0 amide bonds. The van der Waals surface area contributed by atoms with Gasteiger partial charge in [-0.15, -0.1) is 0 Å². The third-order valence-electron chi connectivity index (χ3n) is 4.16. The molecule has 0 saturated heterocycles. The van der Waals surface area contributed by atoms with E-state index in [0.29, 0.717) is 0 Å². The lowest BCUT2D eigenvalue weighted by atomic mass is 10.0. The summed E-state index contributed by atoms with van der Waals surface area (Å²) in [5.41, 5.74) is 2.55. The average Bonchev–Trinajstić information content (AvgIpc) is 2.49. The van der Waals surface area contributed by atoms with Gasteiger partial charge in [-0.2, -0.15) is 0 Å². The Morgan fingerprint density at radius 2 is 1.27 bits per heavy atom. The van der Waals surface area contributed by atoms with Crippen molar-refractivity contribution in [2.45, 2.75) is 77.6 Å². The fourth-order valence-electron chi connectivity index (χ4n) is 2.79. The van der Waals surface area contributed by atoms with Crippen LogP contribution in [0.15, 0.2) is 27.7 Å². The smallest absolute Gasteiger partial charge is 0.0261 e. The highest BCUT2D eigenvalue weighted by molar-refractivity contribution is 9.11. The third kappa shape index (κ3) is 7.97. The highest BCUT2D eigenvalue weighted by Crippen LogP contribution is 2.29. The summed E-state index contributed by atoms with van der Waals surface area (Å²) in [6, 6.07) is 4.46. The molecule has 0 aliphatic rings. The van der Waals surface area contributed by atoms with Crippen molar-refractivity contribution in [3.05, 3.63) is 38.8 Å². The molecular formula is C20H30Br2. The Morgan fingerprint density at radius 1 is 0.818 bits per heavy atom. The van der Waals surface area contributed by atoms with E-state index in [2.05, 4.69) is 57.5 Å². The summed E-state index contributed by atoms with van der Waals surface area (Å²) < 4.78 is 2.28. The van der Waals surface area contributed by atoms with Crippen molar-refractivity contribution in [2.24, 2.45) is 0 Å². The minimum Gasteiger partial charge on any atom is -0.0984 e. The topological polar surface area (TPSA) is 0 Å². The normalized spacial score (nSPS) is 10.9. The summed E-state index contributed by atoms with van der Waals surface area (Å²) in [6.45, 7) is 6.13. The van der Waals surface area contributed by atoms with Crippen LogP contribution in [-0.4, -0.2) is 0 Å². The fourth-order valence-corrected chi connectivity index (χ4v) is 4.40. The van der Waals surface area contributed by atoms with Crippen LogP contribution in [0, 0.1) is 0 Å². The van der Waals surface area contributed by atoms with Crippen LogP contribution in [0.4, 0.5) is 0 Å². The van der Waals surface area contributed by atoms with Gasteiger partial charge in [0.1, 0.15) is 0 Å². The van der Waals surface area contributed by atoms with Crippen molar-refractivity contribution in [3.8, 4) is 0 Å². The molecule has 0 aliphatic heterocycles.